The topological polar surface area (TPSA) is 66.0 Å². The highest BCUT2D eigenvalue weighted by Crippen LogP contribution is 2.17. The Morgan fingerprint density at radius 1 is 1.12 bits per heavy atom. The number of pyridine rings is 1. The van der Waals surface area contributed by atoms with Gasteiger partial charge in [-0.05, 0) is 43.0 Å². The minimum absolute atomic E-state index is 0.184. The average molecular weight is 356 g/mol. The molecule has 0 atom stereocenters. The molecule has 1 aliphatic carbocycles. The smallest absolute Gasteiger partial charge is 0.320 e. The zero-order valence-corrected chi connectivity index (χ0v) is 14.8. The van der Waals surface area contributed by atoms with Gasteiger partial charge in [-0.3, -0.25) is 5.32 Å². The predicted octanol–water partition coefficient (Wildman–Crippen LogP) is 4.33. The van der Waals surface area contributed by atoms with Crippen LogP contribution in [0.15, 0.2) is 42.6 Å². The lowest BCUT2D eigenvalue weighted by atomic mass is 9.96. The minimum atomic E-state index is -0.204. The fourth-order valence-electron chi connectivity index (χ4n) is 3.20. The third kappa shape index (κ3) is 5.44. The summed E-state index contributed by atoms with van der Waals surface area (Å²) in [4.78, 5) is 16.3. The number of hydrogen-bond acceptors (Lipinski definition) is 3. The Labute approximate surface area is 153 Å². The fourth-order valence-corrected chi connectivity index (χ4v) is 3.20. The number of anilines is 2. The SMILES string of the molecule is O=C(Nc1ccc(NCCc2ccccc2F)cn1)NC1CCCCC1. The van der Waals surface area contributed by atoms with Gasteiger partial charge in [0.15, 0.2) is 0 Å². The van der Waals surface area contributed by atoms with E-state index < -0.39 is 0 Å². The Bertz CT molecular complexity index is 714. The molecule has 0 radical (unpaired) electrons. The second-order valence-electron chi connectivity index (χ2n) is 6.63. The van der Waals surface area contributed by atoms with Crippen LogP contribution in [0.2, 0.25) is 0 Å². The number of benzene rings is 1. The molecule has 3 N–H and O–H groups in total. The zero-order chi connectivity index (χ0) is 18.2. The van der Waals surface area contributed by atoms with Gasteiger partial charge >= 0.3 is 6.03 Å². The van der Waals surface area contributed by atoms with Crippen molar-refractivity contribution in [1.29, 1.82) is 0 Å². The van der Waals surface area contributed by atoms with Crippen molar-refractivity contribution in [1.82, 2.24) is 10.3 Å². The molecule has 2 amide bonds. The number of urea groups is 1. The standard InChI is InChI=1S/C20H25FN4O/c21-18-9-5-4-6-15(18)12-13-22-17-10-11-19(23-14-17)25-20(26)24-16-7-2-1-3-8-16/h4-6,9-11,14,16,22H,1-3,7-8,12-13H2,(H2,23,24,25,26). The van der Waals surface area contributed by atoms with Crippen molar-refractivity contribution in [3.05, 3.63) is 54.0 Å². The van der Waals surface area contributed by atoms with Gasteiger partial charge < -0.3 is 10.6 Å². The third-order valence-corrected chi connectivity index (χ3v) is 4.63. The summed E-state index contributed by atoms with van der Waals surface area (Å²) in [6, 6.07) is 10.4. The predicted molar refractivity (Wildman–Crippen MR) is 102 cm³/mol. The Kier molecular flexibility index (Phi) is 6.41. The van der Waals surface area contributed by atoms with Gasteiger partial charge in [0.2, 0.25) is 0 Å². The normalized spacial score (nSPS) is 14.7. The third-order valence-electron chi connectivity index (χ3n) is 4.63. The van der Waals surface area contributed by atoms with Gasteiger partial charge in [-0.15, -0.1) is 0 Å². The monoisotopic (exact) mass is 356 g/mol. The molecular weight excluding hydrogens is 331 g/mol. The Morgan fingerprint density at radius 3 is 2.65 bits per heavy atom. The van der Waals surface area contributed by atoms with Crippen molar-refractivity contribution in [2.45, 2.75) is 44.6 Å². The summed E-state index contributed by atoms with van der Waals surface area (Å²) < 4.78 is 13.6. The van der Waals surface area contributed by atoms with E-state index >= 15 is 0 Å². The molecule has 1 aromatic heterocycles. The van der Waals surface area contributed by atoms with Gasteiger partial charge in [-0.1, -0.05) is 37.5 Å². The van der Waals surface area contributed by atoms with E-state index in [0.717, 1.165) is 18.5 Å². The summed E-state index contributed by atoms with van der Waals surface area (Å²) in [7, 11) is 0. The molecule has 1 fully saturated rings. The summed E-state index contributed by atoms with van der Waals surface area (Å²) in [6.07, 6.45) is 7.96. The first kappa shape index (κ1) is 18.2. The lowest BCUT2D eigenvalue weighted by Gasteiger charge is -2.22. The Hall–Kier alpha value is -2.63. The van der Waals surface area contributed by atoms with Gasteiger partial charge in [0, 0.05) is 12.6 Å². The van der Waals surface area contributed by atoms with Crippen LogP contribution in [0.1, 0.15) is 37.7 Å². The molecule has 2 aromatic rings. The number of nitrogens with zero attached hydrogens (tertiary/aromatic N) is 1. The first-order valence-electron chi connectivity index (χ1n) is 9.21. The molecule has 6 heteroatoms. The highest BCUT2D eigenvalue weighted by atomic mass is 19.1. The quantitative estimate of drug-likeness (QED) is 0.722. The molecule has 0 spiro atoms. The highest BCUT2D eigenvalue weighted by Gasteiger charge is 2.15. The summed E-state index contributed by atoms with van der Waals surface area (Å²) in [5, 5.41) is 8.97. The van der Waals surface area contributed by atoms with Crippen molar-refractivity contribution < 1.29 is 9.18 Å². The van der Waals surface area contributed by atoms with Gasteiger partial charge in [-0.2, -0.15) is 0 Å². The van der Waals surface area contributed by atoms with E-state index in [9.17, 15) is 9.18 Å². The van der Waals surface area contributed by atoms with E-state index in [1.807, 2.05) is 12.1 Å². The first-order chi connectivity index (χ1) is 12.7. The maximum absolute atomic E-state index is 13.6. The number of aromatic nitrogens is 1. The van der Waals surface area contributed by atoms with Gasteiger partial charge in [0.1, 0.15) is 11.6 Å². The van der Waals surface area contributed by atoms with Crippen LogP contribution in [0.5, 0.6) is 0 Å². The maximum atomic E-state index is 13.6. The van der Waals surface area contributed by atoms with Crippen LogP contribution < -0.4 is 16.0 Å². The molecule has 1 aliphatic rings. The van der Waals surface area contributed by atoms with Crippen LogP contribution in [0.4, 0.5) is 20.7 Å². The summed E-state index contributed by atoms with van der Waals surface area (Å²) in [5.41, 5.74) is 1.52. The van der Waals surface area contributed by atoms with E-state index in [-0.39, 0.29) is 17.9 Å². The van der Waals surface area contributed by atoms with Crippen molar-refractivity contribution in [2.75, 3.05) is 17.2 Å². The molecule has 5 nitrogen and oxygen atoms in total. The molecule has 0 aliphatic heterocycles. The van der Waals surface area contributed by atoms with Crippen LogP contribution in [0.25, 0.3) is 0 Å². The number of hydrogen-bond donors (Lipinski definition) is 3. The minimum Gasteiger partial charge on any atom is -0.383 e. The van der Waals surface area contributed by atoms with E-state index in [1.54, 1.807) is 24.4 Å². The number of amides is 2. The van der Waals surface area contributed by atoms with Gasteiger partial charge in [-0.25, -0.2) is 14.2 Å². The van der Waals surface area contributed by atoms with Crippen LogP contribution in [0.3, 0.4) is 0 Å². The van der Waals surface area contributed by atoms with Crippen molar-refractivity contribution in [3.63, 3.8) is 0 Å². The second-order valence-corrected chi connectivity index (χ2v) is 6.63. The van der Waals surface area contributed by atoms with Crippen molar-refractivity contribution >= 4 is 17.5 Å². The van der Waals surface area contributed by atoms with Crippen LogP contribution in [-0.2, 0) is 6.42 Å². The molecule has 26 heavy (non-hydrogen) atoms. The average Bonchev–Trinajstić information content (AvgIpc) is 2.65. The summed E-state index contributed by atoms with van der Waals surface area (Å²) in [5.74, 6) is 0.328. The van der Waals surface area contributed by atoms with E-state index in [1.165, 1.54) is 25.3 Å². The van der Waals surface area contributed by atoms with Crippen LogP contribution >= 0.6 is 0 Å². The number of halogens is 1. The molecule has 0 bridgehead atoms. The van der Waals surface area contributed by atoms with Crippen molar-refractivity contribution in [2.24, 2.45) is 0 Å². The van der Waals surface area contributed by atoms with Crippen molar-refractivity contribution in [3.8, 4) is 0 Å². The maximum Gasteiger partial charge on any atom is 0.320 e. The van der Waals surface area contributed by atoms with Gasteiger partial charge in [0.25, 0.3) is 0 Å². The highest BCUT2D eigenvalue weighted by molar-refractivity contribution is 5.88. The van der Waals surface area contributed by atoms with Crippen LogP contribution in [0, 0.1) is 5.82 Å². The zero-order valence-electron chi connectivity index (χ0n) is 14.8. The molecule has 1 aromatic carbocycles. The van der Waals surface area contributed by atoms with Gasteiger partial charge in [0.05, 0.1) is 11.9 Å². The number of nitrogens with one attached hydrogen (secondary N) is 3. The molecule has 3 rings (SSSR count). The Balaban J connectivity index is 1.42. The molecule has 1 heterocycles. The molecular formula is C20H25FN4O. The number of rotatable bonds is 6. The van der Waals surface area contributed by atoms with E-state index in [2.05, 4.69) is 20.9 Å². The molecule has 0 unspecified atom stereocenters. The summed E-state index contributed by atoms with van der Waals surface area (Å²) >= 11 is 0. The van der Waals surface area contributed by atoms with Crippen LogP contribution in [-0.4, -0.2) is 23.6 Å². The fraction of sp³-hybridized carbons (Fsp3) is 0.400. The summed E-state index contributed by atoms with van der Waals surface area (Å²) in [6.45, 7) is 0.609. The molecule has 138 valence electrons. The first-order valence-corrected chi connectivity index (χ1v) is 9.21. The number of carbonyl (C=O) groups excluding carboxylic acids is 1. The van der Waals surface area contributed by atoms with E-state index in [4.69, 9.17) is 0 Å². The Morgan fingerprint density at radius 2 is 1.92 bits per heavy atom. The lowest BCUT2D eigenvalue weighted by molar-refractivity contribution is 0.244. The molecule has 1 saturated carbocycles. The molecule has 0 saturated heterocycles. The largest absolute Gasteiger partial charge is 0.383 e. The van der Waals surface area contributed by atoms with E-state index in [0.29, 0.717) is 24.3 Å². The number of carbonyl (C=O) groups is 1. The lowest BCUT2D eigenvalue weighted by Crippen LogP contribution is -2.39. The second kappa shape index (κ2) is 9.17.